The summed E-state index contributed by atoms with van der Waals surface area (Å²) in [6.07, 6.45) is 21.3. The van der Waals surface area contributed by atoms with Gasteiger partial charge in [0.1, 0.15) is 18.5 Å². The van der Waals surface area contributed by atoms with Crippen molar-refractivity contribution < 1.29 is 28.5 Å². The number of rotatable bonds is 28. The summed E-state index contributed by atoms with van der Waals surface area (Å²) in [5.74, 6) is 0.193. The average molecular weight is 622 g/mol. The molecule has 0 bridgehead atoms. The molecule has 256 valence electrons. The summed E-state index contributed by atoms with van der Waals surface area (Å²) in [5.41, 5.74) is 0.648. The number of allylic oxidation sites excluding steroid dienone is 1. The lowest BCUT2D eigenvalue weighted by Crippen LogP contribution is -2.63. The zero-order valence-electron chi connectivity index (χ0n) is 28.9. The second-order valence-corrected chi connectivity index (χ2v) is 12.6. The lowest BCUT2D eigenvalue weighted by molar-refractivity contribution is -0.199. The lowest BCUT2D eigenvalue weighted by Gasteiger charge is -2.45. The first-order valence-corrected chi connectivity index (χ1v) is 18.0. The quantitative estimate of drug-likeness (QED) is 0.0529. The van der Waals surface area contributed by atoms with Crippen molar-refractivity contribution in [1.29, 1.82) is 0 Å². The Morgan fingerprint density at radius 1 is 0.795 bits per heavy atom. The van der Waals surface area contributed by atoms with Crippen LogP contribution in [0.3, 0.4) is 0 Å². The minimum absolute atomic E-state index is 0.0724. The minimum atomic E-state index is -0.763. The normalized spacial score (nSPS) is 21.5. The van der Waals surface area contributed by atoms with Crippen LogP contribution in [0.2, 0.25) is 0 Å². The van der Waals surface area contributed by atoms with Gasteiger partial charge in [0.15, 0.2) is 6.10 Å². The SMILES string of the molecule is C=CCOC(=O)OC1C(CC)OC(C)C(NC(=C)CC(=O)CCCCCCCCCCC)C1OCCCCCCCCCC. The molecule has 0 saturated carbocycles. The van der Waals surface area contributed by atoms with E-state index in [-0.39, 0.29) is 37.1 Å². The van der Waals surface area contributed by atoms with Crippen molar-refractivity contribution in [3.8, 4) is 0 Å². The molecule has 0 aromatic carbocycles. The van der Waals surface area contributed by atoms with E-state index in [0.29, 0.717) is 25.1 Å². The molecule has 0 aromatic heterocycles. The first-order valence-electron chi connectivity index (χ1n) is 18.0. The van der Waals surface area contributed by atoms with E-state index in [2.05, 4.69) is 32.3 Å². The fourth-order valence-corrected chi connectivity index (χ4v) is 5.96. The standard InChI is InChI=1S/C37H67NO6/c1-7-11-13-15-17-19-20-22-24-26-32(39)29-30(5)38-34-31(6)43-33(10-4)35(44-37(40)42-27-9-3)36(34)41-28-25-23-21-18-16-14-12-8-2/h9,31,33-36,38H,3,5,7-8,10-29H2,1-2,4,6H3. The van der Waals surface area contributed by atoms with Gasteiger partial charge in [-0.2, -0.15) is 0 Å². The first-order chi connectivity index (χ1) is 21.4. The molecule has 1 aliphatic rings. The number of carbonyl (C=O) groups excluding carboxylic acids is 2. The summed E-state index contributed by atoms with van der Waals surface area (Å²) in [5, 5.41) is 3.44. The highest BCUT2D eigenvalue weighted by atomic mass is 16.7. The number of hydrogen-bond donors (Lipinski definition) is 1. The van der Waals surface area contributed by atoms with Crippen LogP contribution in [0.5, 0.6) is 0 Å². The molecule has 1 fully saturated rings. The molecule has 1 heterocycles. The third-order valence-corrected chi connectivity index (χ3v) is 8.54. The summed E-state index contributed by atoms with van der Waals surface area (Å²) in [4.78, 5) is 25.3. The third-order valence-electron chi connectivity index (χ3n) is 8.54. The van der Waals surface area contributed by atoms with Crippen molar-refractivity contribution in [2.75, 3.05) is 13.2 Å². The number of unbranched alkanes of at least 4 members (excludes halogenated alkanes) is 15. The van der Waals surface area contributed by atoms with E-state index in [1.165, 1.54) is 89.5 Å². The molecule has 1 rings (SSSR count). The molecule has 5 unspecified atom stereocenters. The smallest absolute Gasteiger partial charge is 0.430 e. The van der Waals surface area contributed by atoms with Gasteiger partial charge in [-0.3, -0.25) is 4.79 Å². The molecule has 0 radical (unpaired) electrons. The zero-order chi connectivity index (χ0) is 32.4. The van der Waals surface area contributed by atoms with Crippen molar-refractivity contribution in [3.63, 3.8) is 0 Å². The second-order valence-electron chi connectivity index (χ2n) is 12.6. The molecule has 0 spiro atoms. The summed E-state index contributed by atoms with van der Waals surface area (Å²) < 4.78 is 23.7. The molecular weight excluding hydrogens is 554 g/mol. The maximum atomic E-state index is 12.8. The fraction of sp³-hybridized carbons (Fsp3) is 0.838. The van der Waals surface area contributed by atoms with E-state index in [4.69, 9.17) is 18.9 Å². The van der Waals surface area contributed by atoms with Crippen LogP contribution in [-0.2, 0) is 23.7 Å². The van der Waals surface area contributed by atoms with E-state index in [1.807, 2.05) is 13.8 Å². The Hall–Kier alpha value is -1.86. The largest absolute Gasteiger partial charge is 0.509 e. The van der Waals surface area contributed by atoms with Crippen LogP contribution >= 0.6 is 0 Å². The number of ketones is 1. The van der Waals surface area contributed by atoms with E-state index >= 15 is 0 Å². The zero-order valence-corrected chi connectivity index (χ0v) is 28.9. The van der Waals surface area contributed by atoms with Gasteiger partial charge in [-0.05, 0) is 26.2 Å². The number of nitrogens with one attached hydrogen (secondary N) is 1. The maximum Gasteiger partial charge on any atom is 0.509 e. The monoisotopic (exact) mass is 621 g/mol. The van der Waals surface area contributed by atoms with E-state index in [1.54, 1.807) is 0 Å². The van der Waals surface area contributed by atoms with Gasteiger partial charge in [0.25, 0.3) is 0 Å². The second kappa shape index (κ2) is 26.4. The highest BCUT2D eigenvalue weighted by Crippen LogP contribution is 2.29. The van der Waals surface area contributed by atoms with Gasteiger partial charge in [-0.25, -0.2) is 4.79 Å². The van der Waals surface area contributed by atoms with Gasteiger partial charge in [-0.1, -0.05) is 136 Å². The van der Waals surface area contributed by atoms with Gasteiger partial charge < -0.3 is 24.3 Å². The lowest BCUT2D eigenvalue weighted by atomic mass is 9.91. The predicted molar refractivity (Wildman–Crippen MR) is 181 cm³/mol. The Kier molecular flexibility index (Phi) is 24.1. The molecule has 1 N–H and O–H groups in total. The van der Waals surface area contributed by atoms with Crippen LogP contribution in [-0.4, -0.2) is 55.6 Å². The Morgan fingerprint density at radius 2 is 1.34 bits per heavy atom. The minimum Gasteiger partial charge on any atom is -0.430 e. The molecule has 0 aromatic rings. The molecule has 1 saturated heterocycles. The number of ether oxygens (including phenoxy) is 4. The molecular formula is C37H67NO6. The van der Waals surface area contributed by atoms with Crippen LogP contribution in [0.25, 0.3) is 0 Å². The summed E-state index contributed by atoms with van der Waals surface area (Å²) in [6, 6.07) is -0.322. The van der Waals surface area contributed by atoms with Crippen LogP contribution < -0.4 is 5.32 Å². The fourth-order valence-electron chi connectivity index (χ4n) is 5.96. The summed E-state index contributed by atoms with van der Waals surface area (Å²) in [7, 11) is 0. The Balaban J connectivity index is 2.69. The van der Waals surface area contributed by atoms with Gasteiger partial charge >= 0.3 is 6.16 Å². The Bertz CT molecular complexity index is 771. The number of Topliss-reactive ketones (excluding diaryl/α,β-unsaturated/α-hetero) is 1. The Labute approximate surface area is 270 Å². The van der Waals surface area contributed by atoms with Crippen molar-refractivity contribution in [2.45, 2.75) is 187 Å². The highest BCUT2D eigenvalue weighted by Gasteiger charge is 2.47. The molecule has 7 heteroatoms. The molecule has 5 atom stereocenters. The van der Waals surface area contributed by atoms with E-state index in [9.17, 15) is 9.59 Å². The van der Waals surface area contributed by atoms with Crippen molar-refractivity contribution in [3.05, 3.63) is 24.9 Å². The van der Waals surface area contributed by atoms with Crippen molar-refractivity contribution >= 4 is 11.9 Å². The third kappa shape index (κ3) is 18.2. The maximum absolute atomic E-state index is 12.8. The van der Waals surface area contributed by atoms with Crippen molar-refractivity contribution in [2.24, 2.45) is 0 Å². The summed E-state index contributed by atoms with van der Waals surface area (Å²) in [6.45, 7) is 16.9. The van der Waals surface area contributed by atoms with Crippen molar-refractivity contribution in [1.82, 2.24) is 5.32 Å². The molecule has 7 nitrogen and oxygen atoms in total. The van der Waals surface area contributed by atoms with E-state index < -0.39 is 18.4 Å². The van der Waals surface area contributed by atoms with Gasteiger partial charge in [-0.15, -0.1) is 0 Å². The number of carbonyl (C=O) groups is 2. The van der Waals surface area contributed by atoms with Gasteiger partial charge in [0.05, 0.1) is 18.2 Å². The summed E-state index contributed by atoms with van der Waals surface area (Å²) >= 11 is 0. The van der Waals surface area contributed by atoms with Crippen LogP contribution in [0.4, 0.5) is 4.79 Å². The molecule has 1 aliphatic heterocycles. The topological polar surface area (TPSA) is 83.1 Å². The van der Waals surface area contributed by atoms with Crippen LogP contribution in [0, 0.1) is 0 Å². The predicted octanol–water partition coefficient (Wildman–Crippen LogP) is 9.77. The average Bonchev–Trinajstić information content (AvgIpc) is 3.00. The molecule has 0 aliphatic carbocycles. The molecule has 44 heavy (non-hydrogen) atoms. The van der Waals surface area contributed by atoms with E-state index in [0.717, 1.165) is 25.7 Å². The first kappa shape index (κ1) is 40.2. The molecule has 0 amide bonds. The van der Waals surface area contributed by atoms with Crippen LogP contribution in [0.1, 0.15) is 156 Å². The number of hydrogen-bond acceptors (Lipinski definition) is 7. The Morgan fingerprint density at radius 3 is 1.89 bits per heavy atom. The van der Waals surface area contributed by atoms with Crippen LogP contribution in [0.15, 0.2) is 24.9 Å². The van der Waals surface area contributed by atoms with Gasteiger partial charge in [0.2, 0.25) is 0 Å². The van der Waals surface area contributed by atoms with Gasteiger partial charge in [0, 0.05) is 25.1 Å². The highest BCUT2D eigenvalue weighted by molar-refractivity contribution is 5.80.